The molecule has 0 bridgehead atoms. The van der Waals surface area contributed by atoms with Crippen LogP contribution < -0.4 is 19.9 Å². The normalized spacial score (nSPS) is 27.8. The molecule has 1 amide bonds. The molecule has 6 N–H and O–H groups in total. The lowest BCUT2D eigenvalue weighted by molar-refractivity contribution is -0.167. The highest BCUT2D eigenvalue weighted by atomic mass is 16.5. The average molecular weight is 540 g/mol. The summed E-state index contributed by atoms with van der Waals surface area (Å²) >= 11 is 0. The number of ether oxygens (including phenoxy) is 3. The van der Waals surface area contributed by atoms with Crippen molar-refractivity contribution in [1.82, 2.24) is 0 Å². The fourth-order valence-corrected chi connectivity index (χ4v) is 6.43. The van der Waals surface area contributed by atoms with Gasteiger partial charge in [0.2, 0.25) is 11.7 Å². The van der Waals surface area contributed by atoms with Crippen molar-refractivity contribution < 1.29 is 49.0 Å². The molecule has 206 valence electrons. The molecule has 1 fully saturated rings. The van der Waals surface area contributed by atoms with Crippen LogP contribution in [-0.2, 0) is 16.0 Å². The average Bonchev–Trinajstić information content (AvgIpc) is 2.89. The number of hydrogen-bond donors (Lipinski definition) is 5. The number of aliphatic hydroxyl groups is 3. The molecule has 0 aromatic heterocycles. The highest BCUT2D eigenvalue weighted by Crippen LogP contribution is 2.53. The van der Waals surface area contributed by atoms with Crippen molar-refractivity contribution in [2.75, 3.05) is 21.3 Å². The van der Waals surface area contributed by atoms with Crippen molar-refractivity contribution in [3.8, 4) is 34.1 Å². The Hall–Kier alpha value is -4.09. The number of benzene rings is 2. The van der Waals surface area contributed by atoms with E-state index >= 15 is 0 Å². The summed E-state index contributed by atoms with van der Waals surface area (Å²) in [7, 11) is 4.43. The molecular weight excluding hydrogens is 510 g/mol. The number of allylic oxidation sites excluding steroid dienone is 1. The number of phenols is 1. The van der Waals surface area contributed by atoms with Gasteiger partial charge in [0.05, 0.1) is 33.0 Å². The predicted molar refractivity (Wildman–Crippen MR) is 136 cm³/mol. The van der Waals surface area contributed by atoms with Crippen LogP contribution in [0.5, 0.6) is 23.0 Å². The number of ketones is 2. The summed E-state index contributed by atoms with van der Waals surface area (Å²) in [6.07, 6.45) is -1.36. The van der Waals surface area contributed by atoms with Gasteiger partial charge in [-0.05, 0) is 60.1 Å². The van der Waals surface area contributed by atoms with Crippen LogP contribution >= 0.6 is 0 Å². The van der Waals surface area contributed by atoms with E-state index in [4.69, 9.17) is 19.9 Å². The first kappa shape index (κ1) is 26.5. The zero-order valence-electron chi connectivity index (χ0n) is 21.6. The number of carbonyl (C=O) groups excluding carboxylic acids is 3. The molecule has 3 aliphatic carbocycles. The van der Waals surface area contributed by atoms with E-state index in [1.807, 2.05) is 0 Å². The standard InChI is InChI=1S/C28H29NO10/c1-37-18-8-11(9-19(38-2)24(18)39-3)14-4-5-16(30)21-15(14)7-12-6-13-10-17(31)22(27(29)35)26(34)28(13,36)25(33)20(12)23(21)32/h4-5,8-9,12-13,17,22,30-31,33,36H,6-7,10H2,1-3H3,(H2,29,35)/t12-,13+,17?,22?,28+/m1/s1. The number of phenolic OH excluding ortho intramolecular Hbond substituents is 1. The summed E-state index contributed by atoms with van der Waals surface area (Å²) in [4.78, 5) is 38.8. The topological polar surface area (TPSA) is 186 Å². The number of nitrogens with two attached hydrogens (primary N) is 1. The molecule has 2 aromatic rings. The minimum Gasteiger partial charge on any atom is -0.508 e. The van der Waals surface area contributed by atoms with Crippen LogP contribution in [-0.4, -0.2) is 70.9 Å². The van der Waals surface area contributed by atoms with Crippen LogP contribution in [0.2, 0.25) is 0 Å². The van der Waals surface area contributed by atoms with E-state index in [2.05, 4.69) is 0 Å². The smallest absolute Gasteiger partial charge is 0.230 e. The fraction of sp³-hybridized carbons (Fsp3) is 0.393. The van der Waals surface area contributed by atoms with Gasteiger partial charge in [0.15, 0.2) is 28.7 Å². The molecule has 5 rings (SSSR count). The molecule has 0 heterocycles. The van der Waals surface area contributed by atoms with Gasteiger partial charge in [0.1, 0.15) is 17.4 Å². The van der Waals surface area contributed by atoms with Crippen molar-refractivity contribution in [3.05, 3.63) is 46.7 Å². The summed E-state index contributed by atoms with van der Waals surface area (Å²) in [5.41, 5.74) is 4.18. The number of rotatable bonds is 5. The van der Waals surface area contributed by atoms with Gasteiger partial charge < -0.3 is 40.4 Å². The maximum absolute atomic E-state index is 13.8. The Morgan fingerprint density at radius 3 is 2.23 bits per heavy atom. The van der Waals surface area contributed by atoms with Crippen molar-refractivity contribution in [3.63, 3.8) is 0 Å². The minimum absolute atomic E-state index is 0.0692. The molecule has 2 aromatic carbocycles. The summed E-state index contributed by atoms with van der Waals surface area (Å²) in [5, 5.41) is 43.8. The SMILES string of the molecule is COc1cc(-c2ccc(O)c3c2C[C@H]2C[C@H]4CC(O)C(C(N)=O)C(=O)[C@@]4(O)C(O)=C2C3=O)cc(OC)c1OC. The lowest BCUT2D eigenvalue weighted by atomic mass is 9.57. The number of methoxy groups -OCH3 is 3. The van der Waals surface area contributed by atoms with Gasteiger partial charge in [-0.3, -0.25) is 14.4 Å². The highest BCUT2D eigenvalue weighted by molar-refractivity contribution is 6.16. The third-order valence-electron chi connectivity index (χ3n) is 8.25. The number of aliphatic hydroxyl groups excluding tert-OH is 2. The number of amides is 1. The Bertz CT molecular complexity index is 1420. The van der Waals surface area contributed by atoms with Crippen molar-refractivity contribution in [2.24, 2.45) is 23.5 Å². The third-order valence-corrected chi connectivity index (χ3v) is 8.25. The van der Waals surface area contributed by atoms with E-state index in [0.717, 1.165) is 0 Å². The van der Waals surface area contributed by atoms with Gasteiger partial charge >= 0.3 is 0 Å². The Labute approximate surface area is 223 Å². The second-order valence-electron chi connectivity index (χ2n) is 10.1. The largest absolute Gasteiger partial charge is 0.508 e. The highest BCUT2D eigenvalue weighted by Gasteiger charge is 2.62. The van der Waals surface area contributed by atoms with Gasteiger partial charge in [0, 0.05) is 11.5 Å². The number of carbonyl (C=O) groups is 3. The molecule has 1 saturated carbocycles. The summed E-state index contributed by atoms with van der Waals surface area (Å²) < 4.78 is 16.3. The van der Waals surface area contributed by atoms with E-state index in [9.17, 15) is 34.8 Å². The van der Waals surface area contributed by atoms with Gasteiger partial charge in [-0.15, -0.1) is 0 Å². The predicted octanol–water partition coefficient (Wildman–Crippen LogP) is 1.44. The Morgan fingerprint density at radius 2 is 1.67 bits per heavy atom. The Balaban J connectivity index is 1.68. The maximum atomic E-state index is 13.8. The first-order valence-electron chi connectivity index (χ1n) is 12.4. The van der Waals surface area contributed by atoms with Crippen LogP contribution in [0.15, 0.2) is 35.6 Å². The molecule has 11 heteroatoms. The lowest BCUT2D eigenvalue weighted by Crippen LogP contribution is -2.63. The van der Waals surface area contributed by atoms with Crippen molar-refractivity contribution in [2.45, 2.75) is 31.0 Å². The van der Waals surface area contributed by atoms with E-state index in [1.165, 1.54) is 27.4 Å². The van der Waals surface area contributed by atoms with Gasteiger partial charge in [-0.1, -0.05) is 6.07 Å². The zero-order valence-corrected chi connectivity index (χ0v) is 21.6. The lowest BCUT2D eigenvalue weighted by Gasteiger charge is -2.48. The van der Waals surface area contributed by atoms with Crippen LogP contribution in [0, 0.1) is 17.8 Å². The second-order valence-corrected chi connectivity index (χ2v) is 10.1. The molecule has 39 heavy (non-hydrogen) atoms. The molecule has 0 spiro atoms. The quantitative estimate of drug-likeness (QED) is 0.348. The fourth-order valence-electron chi connectivity index (χ4n) is 6.43. The monoisotopic (exact) mass is 539 g/mol. The first-order chi connectivity index (χ1) is 18.5. The molecule has 11 nitrogen and oxygen atoms in total. The molecule has 0 saturated heterocycles. The van der Waals surface area contributed by atoms with Crippen LogP contribution in [0.25, 0.3) is 11.1 Å². The molecular formula is C28H29NO10. The number of hydrogen-bond acceptors (Lipinski definition) is 10. The summed E-state index contributed by atoms with van der Waals surface area (Å²) in [6, 6.07) is 6.42. The molecule has 3 aliphatic rings. The third kappa shape index (κ3) is 3.68. The molecule has 5 atom stereocenters. The second kappa shape index (κ2) is 9.28. The zero-order chi connectivity index (χ0) is 28.4. The number of aromatic hydroxyl groups is 1. The van der Waals surface area contributed by atoms with Crippen LogP contribution in [0.1, 0.15) is 28.8 Å². The van der Waals surface area contributed by atoms with Crippen LogP contribution in [0.4, 0.5) is 0 Å². The van der Waals surface area contributed by atoms with E-state index in [0.29, 0.717) is 33.9 Å². The van der Waals surface area contributed by atoms with Crippen molar-refractivity contribution in [1.29, 1.82) is 0 Å². The summed E-state index contributed by atoms with van der Waals surface area (Å²) in [6.45, 7) is 0. The van der Waals surface area contributed by atoms with E-state index in [1.54, 1.807) is 18.2 Å². The molecule has 0 radical (unpaired) electrons. The number of primary amides is 1. The van der Waals surface area contributed by atoms with Gasteiger partial charge in [-0.2, -0.15) is 0 Å². The maximum Gasteiger partial charge on any atom is 0.230 e. The summed E-state index contributed by atoms with van der Waals surface area (Å²) in [5.74, 6) is -6.38. The minimum atomic E-state index is -2.55. The van der Waals surface area contributed by atoms with E-state index in [-0.39, 0.29) is 36.1 Å². The van der Waals surface area contributed by atoms with Crippen LogP contribution in [0.3, 0.4) is 0 Å². The number of Topliss-reactive ketones (excluding diaryl/α,β-unsaturated/α-hetero) is 2. The van der Waals surface area contributed by atoms with Crippen molar-refractivity contribution >= 4 is 17.5 Å². The molecule has 0 aliphatic heterocycles. The number of fused-ring (bicyclic) bond motifs is 3. The molecule has 2 unspecified atom stereocenters. The first-order valence-corrected chi connectivity index (χ1v) is 12.4. The Kier molecular flexibility index (Phi) is 6.31. The van der Waals surface area contributed by atoms with E-state index < -0.39 is 52.7 Å². The van der Waals surface area contributed by atoms with Gasteiger partial charge in [0.25, 0.3) is 0 Å². The van der Waals surface area contributed by atoms with Gasteiger partial charge in [-0.25, -0.2) is 0 Å². The Morgan fingerprint density at radius 1 is 1.03 bits per heavy atom.